The van der Waals surface area contributed by atoms with Gasteiger partial charge >= 0.3 is 0 Å². The fourth-order valence-electron chi connectivity index (χ4n) is 5.29. The van der Waals surface area contributed by atoms with Crippen LogP contribution in [-0.4, -0.2) is 19.5 Å². The summed E-state index contributed by atoms with van der Waals surface area (Å²) in [6.45, 7) is 0. The maximum absolute atomic E-state index is 5.72. The van der Waals surface area contributed by atoms with E-state index >= 15 is 0 Å². The first-order chi connectivity index (χ1) is 19.3. The van der Waals surface area contributed by atoms with Crippen LogP contribution in [0.4, 0.5) is 0 Å². The van der Waals surface area contributed by atoms with Crippen molar-refractivity contribution in [2.75, 3.05) is 0 Å². The van der Waals surface area contributed by atoms with E-state index in [-0.39, 0.29) is 0 Å². The minimum atomic E-state index is 0.574. The molecule has 8 rings (SSSR count). The van der Waals surface area contributed by atoms with Crippen LogP contribution in [0.1, 0.15) is 0 Å². The van der Waals surface area contributed by atoms with Gasteiger partial charge in [-0.3, -0.25) is 4.98 Å². The van der Waals surface area contributed by atoms with E-state index in [1.807, 2.05) is 30.5 Å². The van der Waals surface area contributed by atoms with Crippen molar-refractivity contribution >= 4 is 43.4 Å². The largest absolute Gasteiger partial charge is 0.445 e. The number of hydrogen-bond acceptors (Lipinski definition) is 5. The molecular weight excluding hydrogens is 500 g/mol. The van der Waals surface area contributed by atoms with E-state index < -0.39 is 0 Å². The molecule has 0 bridgehead atoms. The second-order valence-corrected chi connectivity index (χ2v) is 10.4. The highest BCUT2D eigenvalue weighted by molar-refractivity contribution is 7.21. The predicted molar refractivity (Wildman–Crippen MR) is 158 cm³/mol. The van der Waals surface area contributed by atoms with Crippen LogP contribution in [0.3, 0.4) is 0 Å². The Balaban J connectivity index is 1.41. The molecule has 0 atom stereocenters. The van der Waals surface area contributed by atoms with Gasteiger partial charge in [-0.05, 0) is 54.6 Å². The minimum Gasteiger partial charge on any atom is -0.445 e. The molecular formula is C33H20N4OS. The van der Waals surface area contributed by atoms with Gasteiger partial charge in [0.05, 0.1) is 33.1 Å². The van der Waals surface area contributed by atoms with Crippen molar-refractivity contribution in [1.29, 1.82) is 0 Å². The number of aromatic nitrogens is 4. The van der Waals surface area contributed by atoms with Crippen molar-refractivity contribution in [1.82, 2.24) is 19.5 Å². The molecule has 0 saturated carbocycles. The molecule has 4 aromatic heterocycles. The highest BCUT2D eigenvalue weighted by Crippen LogP contribution is 2.38. The highest BCUT2D eigenvalue weighted by atomic mass is 32.1. The molecule has 0 N–H and O–H groups in total. The summed E-state index contributed by atoms with van der Waals surface area (Å²) in [6, 6.07) is 35.8. The quantitative estimate of drug-likeness (QED) is 0.233. The molecule has 0 saturated heterocycles. The Morgan fingerprint density at radius 1 is 0.641 bits per heavy atom. The second-order valence-electron chi connectivity index (χ2n) is 9.39. The average molecular weight is 521 g/mol. The number of fused-ring (bicyclic) bond motifs is 4. The van der Waals surface area contributed by atoms with Crippen molar-refractivity contribution in [3.05, 3.63) is 122 Å². The molecule has 4 heterocycles. The lowest BCUT2D eigenvalue weighted by Gasteiger charge is -2.12. The molecule has 0 unspecified atom stereocenters. The smallest absolute Gasteiger partial charge is 0.225 e. The SMILES string of the molecule is c1ccc(-c2cc(-c3ncco3)cc(-n3c4ccccc4c4ccc(-c5nc6ccccc6s5)cc43)c2)nc1. The Kier molecular flexibility index (Phi) is 4.93. The van der Waals surface area contributed by atoms with Gasteiger partial charge in [-0.25, -0.2) is 9.97 Å². The molecule has 0 aliphatic carbocycles. The third-order valence-electron chi connectivity index (χ3n) is 7.03. The molecule has 39 heavy (non-hydrogen) atoms. The normalized spacial score (nSPS) is 11.6. The van der Waals surface area contributed by atoms with Crippen molar-refractivity contribution in [2.24, 2.45) is 0 Å². The monoisotopic (exact) mass is 520 g/mol. The molecule has 5 nitrogen and oxygen atoms in total. The first-order valence-corrected chi connectivity index (χ1v) is 13.5. The van der Waals surface area contributed by atoms with Gasteiger partial charge < -0.3 is 8.98 Å². The maximum Gasteiger partial charge on any atom is 0.225 e. The van der Waals surface area contributed by atoms with E-state index in [9.17, 15) is 0 Å². The molecule has 4 aromatic carbocycles. The third-order valence-corrected chi connectivity index (χ3v) is 8.12. The van der Waals surface area contributed by atoms with E-state index in [0.717, 1.165) is 49.6 Å². The van der Waals surface area contributed by atoms with Crippen LogP contribution in [0.2, 0.25) is 0 Å². The summed E-state index contributed by atoms with van der Waals surface area (Å²) in [7, 11) is 0. The van der Waals surface area contributed by atoms with Crippen molar-refractivity contribution in [2.45, 2.75) is 0 Å². The zero-order valence-corrected chi connectivity index (χ0v) is 21.5. The second kappa shape index (κ2) is 8.75. The van der Waals surface area contributed by atoms with Gasteiger partial charge in [0.25, 0.3) is 0 Å². The van der Waals surface area contributed by atoms with E-state index in [4.69, 9.17) is 9.40 Å². The Hall–Kier alpha value is -5.07. The number of rotatable bonds is 4. The van der Waals surface area contributed by atoms with E-state index in [0.29, 0.717) is 5.89 Å². The summed E-state index contributed by atoms with van der Waals surface area (Å²) in [6.07, 6.45) is 5.10. The standard InChI is InChI=1S/C33H20N4OS/c1-3-10-29-25(7-1)26-13-12-21(33-36-28-9-2-4-11-31(28)39-33)20-30(26)37(29)24-18-22(27-8-5-6-14-34-27)17-23(19-24)32-35-15-16-38-32/h1-20H. The fraction of sp³-hybridized carbons (Fsp3) is 0. The third kappa shape index (κ3) is 3.65. The first-order valence-electron chi connectivity index (χ1n) is 12.7. The van der Waals surface area contributed by atoms with Gasteiger partial charge in [-0.2, -0.15) is 0 Å². The first kappa shape index (κ1) is 22.0. The zero-order valence-electron chi connectivity index (χ0n) is 20.7. The number of para-hydroxylation sites is 2. The maximum atomic E-state index is 5.72. The van der Waals surface area contributed by atoms with Gasteiger partial charge in [-0.1, -0.05) is 48.5 Å². The molecule has 0 fully saturated rings. The predicted octanol–water partition coefficient (Wildman–Crippen LogP) is 8.78. The van der Waals surface area contributed by atoms with E-state index in [1.165, 1.54) is 15.5 Å². The number of hydrogen-bond donors (Lipinski definition) is 0. The molecule has 0 spiro atoms. The lowest BCUT2D eigenvalue weighted by molar-refractivity contribution is 0.574. The molecule has 8 aromatic rings. The Morgan fingerprint density at radius 3 is 2.36 bits per heavy atom. The molecule has 184 valence electrons. The van der Waals surface area contributed by atoms with Gasteiger partial charge in [0.15, 0.2) is 0 Å². The van der Waals surface area contributed by atoms with E-state index in [2.05, 4.69) is 93.4 Å². The molecule has 0 aliphatic rings. The molecule has 0 radical (unpaired) electrons. The summed E-state index contributed by atoms with van der Waals surface area (Å²) in [5.41, 5.74) is 8.16. The van der Waals surface area contributed by atoms with Crippen molar-refractivity contribution in [3.8, 4) is 39.0 Å². The van der Waals surface area contributed by atoms with Crippen LogP contribution in [0.25, 0.3) is 71.0 Å². The number of oxazole rings is 1. The van der Waals surface area contributed by atoms with Gasteiger partial charge in [0.2, 0.25) is 5.89 Å². The lowest BCUT2D eigenvalue weighted by atomic mass is 10.1. The topological polar surface area (TPSA) is 56.7 Å². The van der Waals surface area contributed by atoms with Crippen molar-refractivity contribution < 1.29 is 4.42 Å². The van der Waals surface area contributed by atoms with Crippen LogP contribution < -0.4 is 0 Å². The Bertz CT molecular complexity index is 2090. The van der Waals surface area contributed by atoms with Gasteiger partial charge in [-0.15, -0.1) is 11.3 Å². The van der Waals surface area contributed by atoms with Crippen LogP contribution in [0.5, 0.6) is 0 Å². The number of nitrogens with zero attached hydrogens (tertiary/aromatic N) is 4. The van der Waals surface area contributed by atoms with Crippen LogP contribution in [0, 0.1) is 0 Å². The zero-order chi connectivity index (χ0) is 25.8. The molecule has 0 aliphatic heterocycles. The summed E-state index contributed by atoms with van der Waals surface area (Å²) in [5, 5.41) is 3.40. The van der Waals surface area contributed by atoms with Gasteiger partial charge in [0.1, 0.15) is 11.3 Å². The van der Waals surface area contributed by atoms with Crippen LogP contribution in [0.15, 0.2) is 126 Å². The Labute approximate surface area is 227 Å². The Morgan fingerprint density at radius 2 is 1.49 bits per heavy atom. The van der Waals surface area contributed by atoms with Crippen molar-refractivity contribution in [3.63, 3.8) is 0 Å². The number of pyridine rings is 1. The van der Waals surface area contributed by atoms with E-state index in [1.54, 1.807) is 23.8 Å². The van der Waals surface area contributed by atoms with Gasteiger partial charge in [0, 0.05) is 39.3 Å². The lowest BCUT2D eigenvalue weighted by Crippen LogP contribution is -1.96. The minimum absolute atomic E-state index is 0.574. The number of benzene rings is 4. The summed E-state index contributed by atoms with van der Waals surface area (Å²) in [5.74, 6) is 0.574. The molecule has 0 amide bonds. The fourth-order valence-corrected chi connectivity index (χ4v) is 6.25. The highest BCUT2D eigenvalue weighted by Gasteiger charge is 2.17. The summed E-state index contributed by atoms with van der Waals surface area (Å²) < 4.78 is 9.22. The average Bonchev–Trinajstić information content (AvgIpc) is 3.75. The van der Waals surface area contributed by atoms with Crippen LogP contribution >= 0.6 is 11.3 Å². The summed E-state index contributed by atoms with van der Waals surface area (Å²) >= 11 is 1.72. The molecule has 6 heteroatoms. The summed E-state index contributed by atoms with van der Waals surface area (Å²) in [4.78, 5) is 14.0. The van der Waals surface area contributed by atoms with Crippen LogP contribution in [-0.2, 0) is 0 Å². The number of thiazole rings is 1.